The Hall–Kier alpha value is -0.206. The van der Waals surface area contributed by atoms with Crippen molar-refractivity contribution in [2.45, 2.75) is 6.92 Å². The molecule has 0 fully saturated rings. The quantitative estimate of drug-likeness (QED) is 0.512. The Balaban J connectivity index is 0.000000360. The van der Waals surface area contributed by atoms with Crippen molar-refractivity contribution in [1.82, 2.24) is 10.2 Å². The summed E-state index contributed by atoms with van der Waals surface area (Å²) in [4.78, 5) is 0. The first-order valence-electron chi connectivity index (χ1n) is 1.77. The minimum atomic E-state index is 0. The summed E-state index contributed by atoms with van der Waals surface area (Å²) >= 11 is 0. The molecule has 0 amide bonds. The van der Waals surface area contributed by atoms with Gasteiger partial charge in [-0.05, 0) is 0 Å². The number of H-pyrrole nitrogens is 1. The summed E-state index contributed by atoms with van der Waals surface area (Å²) in [6, 6.07) is 0. The number of aryl methyl sites for hydroxylation is 1. The van der Waals surface area contributed by atoms with Crippen molar-refractivity contribution in [2.24, 2.45) is 0 Å². The summed E-state index contributed by atoms with van der Waals surface area (Å²) in [5, 5.41) is 6.20. The third kappa shape index (κ3) is 1.81. The number of nitrogens with zero attached hydrogens (tertiary/aromatic N) is 1. The maximum atomic E-state index is 3.57. The predicted molar refractivity (Wildman–Crippen MR) is 22.2 cm³/mol. The first kappa shape index (κ1) is 6.79. The molecule has 0 bridgehead atoms. The zero-order valence-electron chi connectivity index (χ0n) is 3.97. The van der Waals surface area contributed by atoms with E-state index in [4.69, 9.17) is 0 Å². The van der Waals surface area contributed by atoms with Crippen LogP contribution >= 0.6 is 0 Å². The maximum Gasteiger partial charge on any atom is 0 e. The molecule has 1 N–H and O–H groups in total. The van der Waals surface area contributed by atoms with Gasteiger partial charge in [-0.15, -0.1) is 12.4 Å². The van der Waals surface area contributed by atoms with Crippen LogP contribution in [0.1, 0.15) is 5.56 Å². The van der Waals surface area contributed by atoms with Crippen molar-refractivity contribution in [2.75, 3.05) is 0 Å². The van der Waals surface area contributed by atoms with Crippen LogP contribution < -0.4 is 0 Å². The van der Waals surface area contributed by atoms with Crippen LogP contribution in [0.5, 0.6) is 0 Å². The van der Waals surface area contributed by atoms with Crippen LogP contribution in [0.4, 0.5) is 0 Å². The summed E-state index contributed by atoms with van der Waals surface area (Å²) in [7, 11) is 0. The van der Waals surface area contributed by atoms with Crippen molar-refractivity contribution in [3.05, 3.63) is 18.0 Å². The topological polar surface area (TPSA) is 28.7 Å². The van der Waals surface area contributed by atoms with Gasteiger partial charge in [0.15, 0.2) is 0 Å². The van der Waals surface area contributed by atoms with E-state index in [-0.39, 0.29) is 18.6 Å². The molecular formula is C4H5N2V-. The minimum absolute atomic E-state index is 0. The molecule has 0 aliphatic carbocycles. The molecule has 0 unspecified atom stereocenters. The fraction of sp³-hybridized carbons (Fsp3) is 0.250. The van der Waals surface area contributed by atoms with Gasteiger partial charge in [0.1, 0.15) is 0 Å². The summed E-state index contributed by atoms with van der Waals surface area (Å²) in [5.41, 5.74) is 1.05. The summed E-state index contributed by atoms with van der Waals surface area (Å²) in [6.07, 6.45) is 4.49. The molecule has 0 spiro atoms. The van der Waals surface area contributed by atoms with E-state index in [2.05, 4.69) is 16.4 Å². The zero-order valence-corrected chi connectivity index (χ0v) is 5.37. The van der Waals surface area contributed by atoms with Gasteiger partial charge in [-0.25, -0.2) is 0 Å². The Morgan fingerprint density at radius 3 is 2.71 bits per heavy atom. The molecule has 1 rings (SSSR count). The normalized spacial score (nSPS) is 7.57. The SMILES string of the molecule is Cc1[c-]n[nH]c1.[V]. The summed E-state index contributed by atoms with van der Waals surface area (Å²) in [6.45, 7) is 1.93. The minimum Gasteiger partial charge on any atom is -0.382 e. The van der Waals surface area contributed by atoms with Crippen LogP contribution in [0.15, 0.2) is 6.20 Å². The third-order valence-electron chi connectivity index (χ3n) is 0.578. The molecule has 1 radical (unpaired) electrons. The number of hydrogen-bond acceptors (Lipinski definition) is 1. The molecule has 1 aromatic rings. The number of rotatable bonds is 0. The molecule has 7 heavy (non-hydrogen) atoms. The Morgan fingerprint density at radius 2 is 2.57 bits per heavy atom. The van der Waals surface area contributed by atoms with Crippen molar-refractivity contribution < 1.29 is 18.6 Å². The van der Waals surface area contributed by atoms with E-state index in [9.17, 15) is 0 Å². The van der Waals surface area contributed by atoms with Gasteiger partial charge in [-0.2, -0.15) is 5.56 Å². The van der Waals surface area contributed by atoms with Crippen LogP contribution in [-0.4, -0.2) is 10.2 Å². The Labute approximate surface area is 54.2 Å². The summed E-state index contributed by atoms with van der Waals surface area (Å²) in [5.74, 6) is 0. The van der Waals surface area contributed by atoms with E-state index < -0.39 is 0 Å². The molecule has 0 saturated carbocycles. The number of aromatic amines is 1. The molecule has 1 aromatic heterocycles. The van der Waals surface area contributed by atoms with Gasteiger partial charge >= 0.3 is 0 Å². The molecule has 1 heterocycles. The second-order valence-electron chi connectivity index (χ2n) is 1.18. The second kappa shape index (κ2) is 2.89. The van der Waals surface area contributed by atoms with Gasteiger partial charge in [0.25, 0.3) is 0 Å². The standard InChI is InChI=1S/C4H5N2.V/c1-4-2-5-6-3-4;/h2H,1H3,(H,5,6);/q-1;. The predicted octanol–water partition coefficient (Wildman–Crippen LogP) is 0.516. The summed E-state index contributed by atoms with van der Waals surface area (Å²) < 4.78 is 0. The Morgan fingerprint density at radius 1 is 1.86 bits per heavy atom. The number of nitrogens with one attached hydrogen (secondary N) is 1. The molecule has 0 aromatic carbocycles. The molecular weight excluding hydrogens is 127 g/mol. The van der Waals surface area contributed by atoms with E-state index >= 15 is 0 Å². The van der Waals surface area contributed by atoms with Crippen LogP contribution in [0.3, 0.4) is 0 Å². The number of hydrogen-bond donors (Lipinski definition) is 1. The van der Waals surface area contributed by atoms with E-state index in [1.807, 2.05) is 6.92 Å². The third-order valence-corrected chi connectivity index (χ3v) is 0.578. The zero-order chi connectivity index (χ0) is 4.41. The first-order chi connectivity index (χ1) is 2.89. The maximum absolute atomic E-state index is 3.57. The van der Waals surface area contributed by atoms with E-state index in [0.717, 1.165) is 5.56 Å². The molecule has 3 heteroatoms. The van der Waals surface area contributed by atoms with Crippen molar-refractivity contribution >= 4 is 0 Å². The van der Waals surface area contributed by atoms with Gasteiger partial charge < -0.3 is 10.2 Å². The van der Waals surface area contributed by atoms with Gasteiger partial charge in [0, 0.05) is 18.6 Å². The van der Waals surface area contributed by atoms with E-state index in [0.29, 0.717) is 0 Å². The van der Waals surface area contributed by atoms with E-state index in [1.165, 1.54) is 0 Å². The fourth-order valence-corrected chi connectivity index (χ4v) is 0.282. The average molecular weight is 132 g/mol. The van der Waals surface area contributed by atoms with E-state index in [1.54, 1.807) is 6.20 Å². The van der Waals surface area contributed by atoms with Gasteiger partial charge in [0.05, 0.1) is 0 Å². The van der Waals surface area contributed by atoms with Crippen LogP contribution in [0, 0.1) is 13.1 Å². The molecule has 0 aliphatic rings. The van der Waals surface area contributed by atoms with Crippen LogP contribution in [0.25, 0.3) is 0 Å². The second-order valence-corrected chi connectivity index (χ2v) is 1.18. The van der Waals surface area contributed by atoms with Crippen molar-refractivity contribution in [3.8, 4) is 0 Å². The van der Waals surface area contributed by atoms with Crippen LogP contribution in [-0.2, 0) is 18.6 Å². The average Bonchev–Trinajstić information content (AvgIpc) is 1.86. The number of aromatic nitrogens is 2. The largest absolute Gasteiger partial charge is 0.382 e. The molecule has 0 saturated heterocycles. The van der Waals surface area contributed by atoms with Crippen LogP contribution in [0.2, 0.25) is 0 Å². The molecule has 37 valence electrons. The van der Waals surface area contributed by atoms with Crippen molar-refractivity contribution in [3.63, 3.8) is 0 Å². The first-order valence-corrected chi connectivity index (χ1v) is 1.77. The van der Waals surface area contributed by atoms with Gasteiger partial charge in [-0.3, -0.25) is 0 Å². The molecule has 0 aliphatic heterocycles. The van der Waals surface area contributed by atoms with Gasteiger partial charge in [-0.1, -0.05) is 6.92 Å². The fourth-order valence-electron chi connectivity index (χ4n) is 0.282. The Kier molecular flexibility index (Phi) is 2.80. The van der Waals surface area contributed by atoms with Gasteiger partial charge in [0.2, 0.25) is 0 Å². The Bertz CT molecular complexity index is 113. The van der Waals surface area contributed by atoms with Crippen molar-refractivity contribution in [1.29, 1.82) is 0 Å². The molecule has 2 nitrogen and oxygen atoms in total. The smallest absolute Gasteiger partial charge is 0 e. The monoisotopic (exact) mass is 132 g/mol. The molecule has 0 atom stereocenters.